The largest absolute Gasteiger partial charge is 0.480 e. The number of hydrogen-bond donors (Lipinski definition) is 1. The number of hydrogen-bond acceptors (Lipinski definition) is 4. The molecule has 19 heavy (non-hydrogen) atoms. The van der Waals surface area contributed by atoms with Gasteiger partial charge in [0.2, 0.25) is 0 Å². The normalized spacial score (nSPS) is 23.4. The highest BCUT2D eigenvalue weighted by atomic mass is 16.4. The van der Waals surface area contributed by atoms with Gasteiger partial charge < -0.3 is 10.0 Å². The van der Waals surface area contributed by atoms with E-state index in [1.54, 1.807) is 4.90 Å². The van der Waals surface area contributed by atoms with E-state index < -0.39 is 5.97 Å². The van der Waals surface area contributed by atoms with Crippen LogP contribution in [0, 0.1) is 11.8 Å². The molecule has 7 nitrogen and oxygen atoms in total. The smallest absolute Gasteiger partial charge is 0.325 e. The summed E-state index contributed by atoms with van der Waals surface area (Å²) in [4.78, 5) is 24.6. The highest BCUT2D eigenvalue weighted by molar-refractivity contribution is 5.92. The fourth-order valence-corrected chi connectivity index (χ4v) is 2.60. The summed E-state index contributed by atoms with van der Waals surface area (Å²) in [7, 11) is 0. The van der Waals surface area contributed by atoms with Crippen molar-refractivity contribution in [1.29, 1.82) is 0 Å². The zero-order chi connectivity index (χ0) is 14.0. The Morgan fingerprint density at radius 3 is 2.58 bits per heavy atom. The molecule has 1 N–H and O–H groups in total. The molecular formula is C12H18N4O3. The molecule has 104 valence electrons. The number of piperidine rings is 1. The van der Waals surface area contributed by atoms with Gasteiger partial charge in [0, 0.05) is 13.1 Å². The van der Waals surface area contributed by atoms with Gasteiger partial charge in [-0.25, -0.2) is 4.68 Å². The minimum Gasteiger partial charge on any atom is -0.480 e. The van der Waals surface area contributed by atoms with Crippen molar-refractivity contribution in [3.8, 4) is 0 Å². The van der Waals surface area contributed by atoms with E-state index in [1.165, 1.54) is 6.20 Å². The SMILES string of the molecule is CC1CC(C)CN(C(=O)c2cn(CC(=O)O)nn2)C1. The molecule has 0 aromatic carbocycles. The van der Waals surface area contributed by atoms with Gasteiger partial charge in [0.25, 0.3) is 5.91 Å². The molecule has 0 aliphatic carbocycles. The van der Waals surface area contributed by atoms with Crippen molar-refractivity contribution in [2.75, 3.05) is 13.1 Å². The van der Waals surface area contributed by atoms with Gasteiger partial charge in [-0.15, -0.1) is 5.10 Å². The minimum atomic E-state index is -1.01. The lowest BCUT2D eigenvalue weighted by atomic mass is 9.92. The first-order valence-corrected chi connectivity index (χ1v) is 6.37. The zero-order valence-corrected chi connectivity index (χ0v) is 11.1. The van der Waals surface area contributed by atoms with Crippen LogP contribution in [-0.2, 0) is 11.3 Å². The molecule has 0 spiro atoms. The monoisotopic (exact) mass is 266 g/mol. The summed E-state index contributed by atoms with van der Waals surface area (Å²) < 4.78 is 1.16. The van der Waals surface area contributed by atoms with Crippen LogP contribution < -0.4 is 0 Å². The summed E-state index contributed by atoms with van der Waals surface area (Å²) in [6, 6.07) is 0. The molecule has 2 unspecified atom stereocenters. The fourth-order valence-electron chi connectivity index (χ4n) is 2.60. The Balaban J connectivity index is 2.06. The molecule has 1 fully saturated rings. The topological polar surface area (TPSA) is 88.3 Å². The summed E-state index contributed by atoms with van der Waals surface area (Å²) in [6.07, 6.45) is 2.51. The lowest BCUT2D eigenvalue weighted by Crippen LogP contribution is -2.42. The van der Waals surface area contributed by atoms with Crippen molar-refractivity contribution >= 4 is 11.9 Å². The maximum absolute atomic E-state index is 12.3. The highest BCUT2D eigenvalue weighted by Gasteiger charge is 2.27. The predicted molar refractivity (Wildman–Crippen MR) is 66.5 cm³/mol. The second kappa shape index (κ2) is 5.38. The van der Waals surface area contributed by atoms with Gasteiger partial charge in [0.1, 0.15) is 6.54 Å². The van der Waals surface area contributed by atoms with E-state index >= 15 is 0 Å². The molecule has 2 rings (SSSR count). The first kappa shape index (κ1) is 13.5. The second-order valence-electron chi connectivity index (χ2n) is 5.35. The Morgan fingerprint density at radius 1 is 1.37 bits per heavy atom. The van der Waals surface area contributed by atoms with E-state index in [4.69, 9.17) is 5.11 Å². The first-order chi connectivity index (χ1) is 8.95. The van der Waals surface area contributed by atoms with Crippen molar-refractivity contribution in [3.63, 3.8) is 0 Å². The van der Waals surface area contributed by atoms with E-state index in [1.807, 2.05) is 0 Å². The second-order valence-corrected chi connectivity index (χ2v) is 5.35. The Hall–Kier alpha value is -1.92. The predicted octanol–water partition coefficient (Wildman–Crippen LogP) is 0.481. The average Bonchev–Trinajstić information content (AvgIpc) is 2.74. The van der Waals surface area contributed by atoms with Gasteiger partial charge in [0.15, 0.2) is 5.69 Å². The average molecular weight is 266 g/mol. The minimum absolute atomic E-state index is 0.171. The van der Waals surface area contributed by atoms with Gasteiger partial charge in [0.05, 0.1) is 6.20 Å². The number of carbonyl (C=O) groups excluding carboxylic acids is 1. The Morgan fingerprint density at radius 2 is 2.00 bits per heavy atom. The Kier molecular flexibility index (Phi) is 3.82. The van der Waals surface area contributed by atoms with Gasteiger partial charge in [-0.05, 0) is 18.3 Å². The third-order valence-corrected chi connectivity index (χ3v) is 3.21. The maximum atomic E-state index is 12.3. The molecule has 0 radical (unpaired) electrons. The van der Waals surface area contributed by atoms with Crippen molar-refractivity contribution in [3.05, 3.63) is 11.9 Å². The van der Waals surface area contributed by atoms with E-state index in [2.05, 4.69) is 24.2 Å². The fraction of sp³-hybridized carbons (Fsp3) is 0.667. The Labute approximate surface area is 111 Å². The molecule has 1 aromatic rings. The lowest BCUT2D eigenvalue weighted by molar-refractivity contribution is -0.137. The van der Waals surface area contributed by atoms with Crippen molar-refractivity contribution in [1.82, 2.24) is 19.9 Å². The van der Waals surface area contributed by atoms with E-state index in [0.29, 0.717) is 11.8 Å². The molecule has 2 heterocycles. The van der Waals surface area contributed by atoms with Crippen LogP contribution >= 0.6 is 0 Å². The Bertz CT molecular complexity index is 475. The number of amides is 1. The van der Waals surface area contributed by atoms with Gasteiger partial charge in [-0.2, -0.15) is 0 Å². The van der Waals surface area contributed by atoms with E-state index in [0.717, 1.165) is 24.2 Å². The molecule has 1 amide bonds. The van der Waals surface area contributed by atoms with Crippen LogP contribution in [0.2, 0.25) is 0 Å². The van der Waals surface area contributed by atoms with Crippen LogP contribution in [0.1, 0.15) is 30.8 Å². The molecule has 1 aromatic heterocycles. The number of nitrogens with zero attached hydrogens (tertiary/aromatic N) is 4. The quantitative estimate of drug-likeness (QED) is 0.859. The summed E-state index contributed by atoms with van der Waals surface area (Å²) in [5, 5.41) is 16.1. The number of likely N-dealkylation sites (tertiary alicyclic amines) is 1. The molecule has 0 saturated carbocycles. The molecular weight excluding hydrogens is 248 g/mol. The molecule has 1 aliphatic heterocycles. The standard InChI is InChI=1S/C12H18N4O3/c1-8-3-9(2)5-15(4-8)12(19)10-6-16(14-13-10)7-11(17)18/h6,8-9H,3-5,7H2,1-2H3,(H,17,18). The van der Waals surface area contributed by atoms with Crippen LogP contribution in [0.25, 0.3) is 0 Å². The third kappa shape index (κ3) is 3.30. The molecule has 2 atom stereocenters. The summed E-state index contributed by atoms with van der Waals surface area (Å²) in [5.74, 6) is -0.234. The summed E-state index contributed by atoms with van der Waals surface area (Å²) in [6.45, 7) is 5.39. The highest BCUT2D eigenvalue weighted by Crippen LogP contribution is 2.21. The van der Waals surface area contributed by atoms with Crippen molar-refractivity contribution in [2.45, 2.75) is 26.8 Å². The molecule has 7 heteroatoms. The summed E-state index contributed by atoms with van der Waals surface area (Å²) >= 11 is 0. The van der Waals surface area contributed by atoms with Crippen LogP contribution in [0.5, 0.6) is 0 Å². The number of rotatable bonds is 3. The maximum Gasteiger partial charge on any atom is 0.325 e. The number of carbonyl (C=O) groups is 2. The van der Waals surface area contributed by atoms with Crippen molar-refractivity contribution in [2.24, 2.45) is 11.8 Å². The number of aliphatic carboxylic acids is 1. The van der Waals surface area contributed by atoms with Crippen LogP contribution in [-0.4, -0.2) is 50.0 Å². The van der Waals surface area contributed by atoms with Gasteiger partial charge >= 0.3 is 5.97 Å². The van der Waals surface area contributed by atoms with Gasteiger partial charge in [-0.1, -0.05) is 19.1 Å². The van der Waals surface area contributed by atoms with E-state index in [-0.39, 0.29) is 18.1 Å². The molecule has 1 aliphatic rings. The van der Waals surface area contributed by atoms with Crippen LogP contribution in [0.15, 0.2) is 6.20 Å². The molecule has 0 bridgehead atoms. The molecule has 1 saturated heterocycles. The van der Waals surface area contributed by atoms with Crippen molar-refractivity contribution < 1.29 is 14.7 Å². The number of carboxylic acids is 1. The number of aromatic nitrogens is 3. The van der Waals surface area contributed by atoms with Crippen LogP contribution in [0.4, 0.5) is 0 Å². The summed E-state index contributed by atoms with van der Waals surface area (Å²) in [5.41, 5.74) is 0.211. The zero-order valence-electron chi connectivity index (χ0n) is 11.1. The van der Waals surface area contributed by atoms with E-state index in [9.17, 15) is 9.59 Å². The first-order valence-electron chi connectivity index (χ1n) is 6.37. The lowest BCUT2D eigenvalue weighted by Gasteiger charge is -2.34. The van der Waals surface area contributed by atoms with Gasteiger partial charge in [-0.3, -0.25) is 9.59 Å². The third-order valence-electron chi connectivity index (χ3n) is 3.21. The van der Waals surface area contributed by atoms with Crippen LogP contribution in [0.3, 0.4) is 0 Å². The number of carboxylic acid groups (broad SMARTS) is 1.